The van der Waals surface area contributed by atoms with Gasteiger partial charge in [-0.3, -0.25) is 14.5 Å². The number of amides is 4. The molecule has 1 aliphatic rings. The van der Waals surface area contributed by atoms with Gasteiger partial charge in [-0.15, -0.1) is 0 Å². The molecule has 1 aromatic carbocycles. The summed E-state index contributed by atoms with van der Waals surface area (Å²) in [5.74, 6) is -2.32. The molecule has 0 bridgehead atoms. The van der Waals surface area contributed by atoms with Gasteiger partial charge in [-0.1, -0.05) is 6.07 Å². The van der Waals surface area contributed by atoms with Crippen LogP contribution in [0.1, 0.15) is 12.0 Å². The minimum Gasteiger partial charge on any atom is -0.326 e. The molecular formula is C15H18FN3O5S. The Balaban J connectivity index is 1.98. The third-order valence-electron chi connectivity index (χ3n) is 3.58. The molecule has 0 saturated carbocycles. The highest BCUT2D eigenvalue weighted by molar-refractivity contribution is 7.90. The second-order valence-corrected chi connectivity index (χ2v) is 8.14. The standard InChI is InChI=1S/C15H18FN3O5S/c1-9-3-4-11(10(16)7-9)17-13(20)8-19-14(21)12(18-15(19)22)5-6-25(2,23)24/h3-4,7,12H,5-6,8H2,1-2H3,(H,17,20)(H,18,22)/t12-/m1/s1. The topological polar surface area (TPSA) is 113 Å². The van der Waals surface area contributed by atoms with Crippen molar-refractivity contribution in [2.24, 2.45) is 0 Å². The molecule has 10 heteroatoms. The maximum Gasteiger partial charge on any atom is 0.325 e. The van der Waals surface area contributed by atoms with E-state index >= 15 is 0 Å². The molecule has 1 aliphatic heterocycles. The average molecular weight is 371 g/mol. The molecule has 1 aromatic rings. The van der Waals surface area contributed by atoms with Gasteiger partial charge in [0.15, 0.2) is 0 Å². The van der Waals surface area contributed by atoms with Crippen molar-refractivity contribution in [1.82, 2.24) is 10.2 Å². The van der Waals surface area contributed by atoms with Crippen molar-refractivity contribution in [3.63, 3.8) is 0 Å². The third kappa shape index (κ3) is 4.99. The molecule has 0 radical (unpaired) electrons. The zero-order valence-electron chi connectivity index (χ0n) is 13.7. The van der Waals surface area contributed by atoms with Gasteiger partial charge in [0.1, 0.15) is 28.2 Å². The second kappa shape index (κ2) is 7.18. The van der Waals surface area contributed by atoms with E-state index in [-0.39, 0.29) is 17.9 Å². The van der Waals surface area contributed by atoms with E-state index in [1.165, 1.54) is 12.1 Å². The van der Waals surface area contributed by atoms with Crippen molar-refractivity contribution in [2.45, 2.75) is 19.4 Å². The van der Waals surface area contributed by atoms with Crippen LogP contribution in [0.2, 0.25) is 0 Å². The fourth-order valence-corrected chi connectivity index (χ4v) is 2.97. The van der Waals surface area contributed by atoms with Crippen LogP contribution in [0.3, 0.4) is 0 Å². The van der Waals surface area contributed by atoms with E-state index < -0.39 is 46.1 Å². The number of urea groups is 1. The van der Waals surface area contributed by atoms with Crippen molar-refractivity contribution >= 4 is 33.4 Å². The number of rotatable bonds is 6. The lowest BCUT2D eigenvalue weighted by Crippen LogP contribution is -2.38. The maximum absolute atomic E-state index is 13.7. The van der Waals surface area contributed by atoms with Crippen LogP contribution >= 0.6 is 0 Å². The molecule has 0 spiro atoms. The highest BCUT2D eigenvalue weighted by atomic mass is 32.2. The van der Waals surface area contributed by atoms with Gasteiger partial charge >= 0.3 is 6.03 Å². The van der Waals surface area contributed by atoms with Gasteiger partial charge < -0.3 is 10.6 Å². The summed E-state index contributed by atoms with van der Waals surface area (Å²) in [5.41, 5.74) is 0.620. The largest absolute Gasteiger partial charge is 0.326 e. The van der Waals surface area contributed by atoms with Gasteiger partial charge in [-0.05, 0) is 31.0 Å². The molecule has 1 heterocycles. The highest BCUT2D eigenvalue weighted by Gasteiger charge is 2.39. The number of hydrogen-bond donors (Lipinski definition) is 2. The molecule has 2 rings (SSSR count). The monoisotopic (exact) mass is 371 g/mol. The molecule has 1 fully saturated rings. The lowest BCUT2D eigenvalue weighted by molar-refractivity contribution is -0.130. The Morgan fingerprint density at radius 2 is 2.04 bits per heavy atom. The first-order chi connectivity index (χ1) is 11.6. The summed E-state index contributed by atoms with van der Waals surface area (Å²) in [4.78, 5) is 36.6. The first kappa shape index (κ1) is 18.8. The molecule has 1 atom stereocenters. The molecule has 0 aliphatic carbocycles. The van der Waals surface area contributed by atoms with Crippen LogP contribution in [0.4, 0.5) is 14.9 Å². The van der Waals surface area contributed by atoms with E-state index in [0.29, 0.717) is 10.5 Å². The van der Waals surface area contributed by atoms with Gasteiger partial charge in [0.25, 0.3) is 5.91 Å². The minimum atomic E-state index is -3.29. The lowest BCUT2D eigenvalue weighted by Gasteiger charge is -2.13. The van der Waals surface area contributed by atoms with Crippen LogP contribution in [0, 0.1) is 12.7 Å². The fourth-order valence-electron chi connectivity index (χ4n) is 2.31. The Morgan fingerprint density at radius 1 is 1.36 bits per heavy atom. The molecule has 25 heavy (non-hydrogen) atoms. The number of anilines is 1. The van der Waals surface area contributed by atoms with Gasteiger partial charge in [0.05, 0.1) is 11.4 Å². The first-order valence-corrected chi connectivity index (χ1v) is 9.48. The number of aryl methyl sites for hydroxylation is 1. The van der Waals surface area contributed by atoms with Crippen LogP contribution in [0.15, 0.2) is 18.2 Å². The van der Waals surface area contributed by atoms with Gasteiger partial charge in [-0.25, -0.2) is 17.6 Å². The lowest BCUT2D eigenvalue weighted by atomic mass is 10.2. The minimum absolute atomic E-state index is 0.0590. The number of carbonyl (C=O) groups is 3. The molecule has 0 aromatic heterocycles. The van der Waals surface area contributed by atoms with Crippen LogP contribution in [0.25, 0.3) is 0 Å². The molecule has 1 saturated heterocycles. The summed E-state index contributed by atoms with van der Waals surface area (Å²) in [5, 5.41) is 4.63. The zero-order valence-corrected chi connectivity index (χ0v) is 14.5. The van der Waals surface area contributed by atoms with E-state index in [1.807, 2.05) is 0 Å². The van der Waals surface area contributed by atoms with Crippen molar-refractivity contribution < 1.29 is 27.2 Å². The summed E-state index contributed by atoms with van der Waals surface area (Å²) in [6, 6.07) is 2.44. The number of imide groups is 1. The molecule has 0 unspecified atom stereocenters. The Labute approximate surface area is 144 Å². The Hall–Kier alpha value is -2.49. The number of benzene rings is 1. The highest BCUT2D eigenvalue weighted by Crippen LogP contribution is 2.16. The van der Waals surface area contributed by atoms with Crippen LogP contribution < -0.4 is 10.6 Å². The van der Waals surface area contributed by atoms with E-state index in [9.17, 15) is 27.2 Å². The summed E-state index contributed by atoms with van der Waals surface area (Å²) < 4.78 is 36.0. The molecule has 2 N–H and O–H groups in total. The Bertz CT molecular complexity index is 824. The number of halogens is 1. The summed E-state index contributed by atoms with van der Waals surface area (Å²) in [6.07, 6.45) is 0.948. The fraction of sp³-hybridized carbons (Fsp3) is 0.400. The first-order valence-electron chi connectivity index (χ1n) is 7.42. The number of sulfone groups is 1. The van der Waals surface area contributed by atoms with E-state index in [4.69, 9.17) is 0 Å². The van der Waals surface area contributed by atoms with Crippen molar-refractivity contribution in [3.05, 3.63) is 29.6 Å². The maximum atomic E-state index is 13.7. The number of hydrogen-bond acceptors (Lipinski definition) is 5. The zero-order chi connectivity index (χ0) is 18.8. The predicted molar refractivity (Wildman–Crippen MR) is 88.1 cm³/mol. The van der Waals surface area contributed by atoms with Gasteiger partial charge in [0.2, 0.25) is 5.91 Å². The summed E-state index contributed by atoms with van der Waals surface area (Å²) >= 11 is 0. The molecule has 8 nitrogen and oxygen atoms in total. The molecule has 136 valence electrons. The number of carbonyl (C=O) groups excluding carboxylic acids is 3. The Kier molecular flexibility index (Phi) is 5.41. The van der Waals surface area contributed by atoms with Crippen LogP contribution in [-0.4, -0.2) is 55.8 Å². The molecule has 4 amide bonds. The second-order valence-electron chi connectivity index (χ2n) is 5.88. The number of nitrogens with zero attached hydrogens (tertiary/aromatic N) is 1. The van der Waals surface area contributed by atoms with Crippen molar-refractivity contribution in [2.75, 3.05) is 23.9 Å². The van der Waals surface area contributed by atoms with Gasteiger partial charge in [-0.2, -0.15) is 0 Å². The summed E-state index contributed by atoms with van der Waals surface area (Å²) in [6.45, 7) is 1.10. The van der Waals surface area contributed by atoms with Crippen LogP contribution in [-0.2, 0) is 19.4 Å². The van der Waals surface area contributed by atoms with E-state index in [2.05, 4.69) is 10.6 Å². The third-order valence-corrected chi connectivity index (χ3v) is 4.56. The van der Waals surface area contributed by atoms with Crippen molar-refractivity contribution in [1.29, 1.82) is 0 Å². The predicted octanol–water partition coefficient (Wildman–Crippen LogP) is 0.428. The van der Waals surface area contributed by atoms with Crippen LogP contribution in [0.5, 0.6) is 0 Å². The van der Waals surface area contributed by atoms with Gasteiger partial charge in [0, 0.05) is 6.26 Å². The Morgan fingerprint density at radius 3 is 2.64 bits per heavy atom. The average Bonchev–Trinajstić information content (AvgIpc) is 2.75. The van der Waals surface area contributed by atoms with E-state index in [1.54, 1.807) is 13.0 Å². The quantitative estimate of drug-likeness (QED) is 0.704. The van der Waals surface area contributed by atoms with Crippen molar-refractivity contribution in [3.8, 4) is 0 Å². The normalized spacial score (nSPS) is 17.6. The summed E-state index contributed by atoms with van der Waals surface area (Å²) in [7, 11) is -3.29. The van der Waals surface area contributed by atoms with E-state index in [0.717, 1.165) is 6.26 Å². The smallest absolute Gasteiger partial charge is 0.325 e. The number of nitrogens with one attached hydrogen (secondary N) is 2. The molecular weight excluding hydrogens is 353 g/mol. The SMILES string of the molecule is Cc1ccc(NC(=O)CN2C(=O)N[C@H](CCS(C)(=O)=O)C2=O)c(F)c1.